The van der Waals surface area contributed by atoms with Gasteiger partial charge in [0.25, 0.3) is 0 Å². The van der Waals surface area contributed by atoms with Crippen molar-refractivity contribution in [3.05, 3.63) is 320 Å². The highest BCUT2D eigenvalue weighted by Crippen LogP contribution is 2.60. The molecule has 0 radical (unpaired) electrons. The SMILES string of the molecule is c1ccc(C(=C(c2cccc(C3(c4ccccn4)c4cc(C5CCCC5)ccc4-c4ccc(C5CCCC5)cc43)c2)c2cccc(C3(c4ccccn4)c4cc(C5CCCC5)ccc4-c4ccc(C5CCCC5)cc43)c2)c2ccccc2)cc1. The minimum Gasteiger partial charge on any atom is -0.260 e. The Morgan fingerprint density at radius 3 is 0.881 bits per heavy atom. The van der Waals surface area contributed by atoms with Gasteiger partial charge in [0.2, 0.25) is 0 Å². The normalized spacial score (nSPS) is 18.0. The summed E-state index contributed by atoms with van der Waals surface area (Å²) in [5, 5.41) is 0. The van der Waals surface area contributed by atoms with Crippen LogP contribution in [0.3, 0.4) is 0 Å². The Hall–Kier alpha value is -8.20. The maximum absolute atomic E-state index is 5.50. The number of nitrogens with zero attached hydrogens (tertiary/aromatic N) is 2. The summed E-state index contributed by atoms with van der Waals surface area (Å²) in [6, 6.07) is 85.6. The zero-order valence-electron chi connectivity index (χ0n) is 48.5. The van der Waals surface area contributed by atoms with Crippen molar-refractivity contribution in [3.8, 4) is 22.3 Å². The van der Waals surface area contributed by atoms with E-state index in [9.17, 15) is 0 Å². The number of pyridine rings is 2. The molecule has 412 valence electrons. The minimum atomic E-state index is -0.674. The van der Waals surface area contributed by atoms with E-state index in [-0.39, 0.29) is 0 Å². The van der Waals surface area contributed by atoms with E-state index in [1.807, 2.05) is 12.4 Å². The molecule has 6 aliphatic carbocycles. The van der Waals surface area contributed by atoms with Crippen LogP contribution in [-0.4, -0.2) is 9.97 Å². The fourth-order valence-electron chi connectivity index (χ4n) is 17.3. The number of rotatable bonds is 12. The minimum absolute atomic E-state index is 0.568. The van der Waals surface area contributed by atoms with Crippen molar-refractivity contribution in [2.75, 3.05) is 0 Å². The molecule has 0 aliphatic heterocycles. The van der Waals surface area contributed by atoms with Gasteiger partial charge in [0.05, 0.1) is 22.2 Å². The second kappa shape index (κ2) is 21.5. The lowest BCUT2D eigenvalue weighted by molar-refractivity contribution is 0.697. The summed E-state index contributed by atoms with van der Waals surface area (Å²) in [6.07, 6.45) is 24.5. The molecular weight excluding hydrogens is 1010 g/mol. The summed E-state index contributed by atoms with van der Waals surface area (Å²) >= 11 is 0. The quantitative estimate of drug-likeness (QED) is 0.114. The van der Waals surface area contributed by atoms with E-state index in [1.165, 1.54) is 214 Å². The van der Waals surface area contributed by atoms with Crippen LogP contribution in [0.5, 0.6) is 0 Å². The fourth-order valence-corrected chi connectivity index (χ4v) is 17.3. The van der Waals surface area contributed by atoms with E-state index in [0.717, 1.165) is 11.4 Å². The summed E-state index contributed by atoms with van der Waals surface area (Å²) in [5.41, 5.74) is 27.2. The largest absolute Gasteiger partial charge is 0.260 e. The van der Waals surface area contributed by atoms with Crippen LogP contribution in [0.25, 0.3) is 33.4 Å². The van der Waals surface area contributed by atoms with Crippen molar-refractivity contribution < 1.29 is 0 Å². The van der Waals surface area contributed by atoms with Gasteiger partial charge >= 0.3 is 0 Å². The van der Waals surface area contributed by atoms with Gasteiger partial charge in [0.15, 0.2) is 0 Å². The Bertz CT molecular complexity index is 3700. The topological polar surface area (TPSA) is 25.8 Å². The number of hydrogen-bond acceptors (Lipinski definition) is 2. The van der Waals surface area contributed by atoms with Gasteiger partial charge in [0, 0.05) is 12.4 Å². The molecule has 0 saturated heterocycles. The third-order valence-electron chi connectivity index (χ3n) is 21.3. The molecule has 2 heterocycles. The van der Waals surface area contributed by atoms with Crippen molar-refractivity contribution in [2.45, 2.75) is 137 Å². The lowest BCUT2D eigenvalue weighted by Gasteiger charge is -2.35. The number of hydrogen-bond donors (Lipinski definition) is 0. The molecule has 16 rings (SSSR count). The van der Waals surface area contributed by atoms with E-state index in [0.29, 0.717) is 23.7 Å². The lowest BCUT2D eigenvalue weighted by Crippen LogP contribution is -2.30. The third kappa shape index (κ3) is 8.40. The van der Waals surface area contributed by atoms with Crippen LogP contribution in [-0.2, 0) is 10.8 Å². The second-order valence-electron chi connectivity index (χ2n) is 25.7. The van der Waals surface area contributed by atoms with Crippen molar-refractivity contribution >= 4 is 11.1 Å². The van der Waals surface area contributed by atoms with E-state index in [1.54, 1.807) is 0 Å². The molecule has 2 nitrogen and oxygen atoms in total. The second-order valence-corrected chi connectivity index (χ2v) is 25.7. The molecule has 2 heteroatoms. The molecule has 0 atom stereocenters. The first-order valence-electron chi connectivity index (χ1n) is 32.1. The van der Waals surface area contributed by atoms with E-state index in [2.05, 4.69) is 218 Å². The lowest BCUT2D eigenvalue weighted by atomic mass is 9.67. The Morgan fingerprint density at radius 2 is 0.571 bits per heavy atom. The fraction of sp³-hybridized carbons (Fsp3) is 0.268. The Morgan fingerprint density at radius 1 is 0.274 bits per heavy atom. The van der Waals surface area contributed by atoms with Crippen LogP contribution in [0.4, 0.5) is 0 Å². The van der Waals surface area contributed by atoms with Gasteiger partial charge in [-0.25, -0.2) is 0 Å². The molecule has 0 amide bonds. The Labute approximate surface area is 497 Å². The van der Waals surface area contributed by atoms with Crippen LogP contribution in [0.1, 0.15) is 216 Å². The summed E-state index contributed by atoms with van der Waals surface area (Å²) in [7, 11) is 0. The predicted octanol–water partition coefficient (Wildman–Crippen LogP) is 20.8. The maximum Gasteiger partial charge on any atom is 0.0886 e. The van der Waals surface area contributed by atoms with Crippen LogP contribution in [0.15, 0.2) is 231 Å². The molecule has 10 aromatic rings. The van der Waals surface area contributed by atoms with Gasteiger partial charge < -0.3 is 0 Å². The summed E-state index contributed by atoms with van der Waals surface area (Å²) in [6.45, 7) is 0. The average Bonchev–Trinajstić information content (AvgIpc) is 1.86. The molecule has 0 unspecified atom stereocenters. The van der Waals surface area contributed by atoms with Crippen molar-refractivity contribution in [3.63, 3.8) is 0 Å². The molecular formula is C82H74N2. The first-order valence-corrected chi connectivity index (χ1v) is 32.1. The van der Waals surface area contributed by atoms with Gasteiger partial charge in [-0.05, 0) is 223 Å². The molecule has 8 aromatic carbocycles. The van der Waals surface area contributed by atoms with Crippen molar-refractivity contribution in [2.24, 2.45) is 0 Å². The van der Waals surface area contributed by atoms with Crippen LogP contribution >= 0.6 is 0 Å². The number of aromatic nitrogens is 2. The Balaban J connectivity index is 0.978. The van der Waals surface area contributed by atoms with Gasteiger partial charge in [-0.2, -0.15) is 0 Å². The first-order chi connectivity index (χ1) is 41.6. The van der Waals surface area contributed by atoms with E-state index < -0.39 is 10.8 Å². The van der Waals surface area contributed by atoms with Crippen LogP contribution in [0, 0.1) is 0 Å². The number of benzene rings is 8. The summed E-state index contributed by atoms with van der Waals surface area (Å²) < 4.78 is 0. The van der Waals surface area contributed by atoms with Crippen LogP contribution in [0.2, 0.25) is 0 Å². The predicted molar refractivity (Wildman–Crippen MR) is 346 cm³/mol. The first kappa shape index (κ1) is 51.4. The van der Waals surface area contributed by atoms with Crippen molar-refractivity contribution in [1.29, 1.82) is 0 Å². The van der Waals surface area contributed by atoms with Gasteiger partial charge in [0.1, 0.15) is 0 Å². The van der Waals surface area contributed by atoms with Gasteiger partial charge in [-0.15, -0.1) is 0 Å². The highest BCUT2D eigenvalue weighted by molar-refractivity contribution is 6.05. The highest BCUT2D eigenvalue weighted by Gasteiger charge is 2.50. The van der Waals surface area contributed by atoms with Crippen LogP contribution < -0.4 is 0 Å². The molecule has 4 saturated carbocycles. The van der Waals surface area contributed by atoms with E-state index >= 15 is 0 Å². The zero-order chi connectivity index (χ0) is 55.6. The molecule has 2 aromatic heterocycles. The zero-order valence-corrected chi connectivity index (χ0v) is 48.5. The van der Waals surface area contributed by atoms with E-state index in [4.69, 9.17) is 9.97 Å². The highest BCUT2D eigenvalue weighted by atomic mass is 14.7. The molecule has 4 fully saturated rings. The molecule has 0 spiro atoms. The number of fused-ring (bicyclic) bond motifs is 6. The molecule has 0 N–H and O–H groups in total. The molecule has 0 bridgehead atoms. The molecule has 84 heavy (non-hydrogen) atoms. The van der Waals surface area contributed by atoms with Crippen molar-refractivity contribution in [1.82, 2.24) is 9.97 Å². The monoisotopic (exact) mass is 1090 g/mol. The summed E-state index contributed by atoms with van der Waals surface area (Å²) in [4.78, 5) is 11.0. The smallest absolute Gasteiger partial charge is 0.0886 e. The molecule has 6 aliphatic rings. The third-order valence-corrected chi connectivity index (χ3v) is 21.3. The van der Waals surface area contributed by atoms with Gasteiger partial charge in [-0.3, -0.25) is 9.97 Å². The average molecular weight is 1090 g/mol. The van der Waals surface area contributed by atoms with Gasteiger partial charge in [-0.1, -0.05) is 233 Å². The Kier molecular flexibility index (Phi) is 13.1. The standard InChI is InChI=1S/C82H74N2/c1-3-29-59(30-4-1)79(60-31-5-2-6-32-60)80(65-33-19-35-67(49-65)81(77-37-15-17-47-83-77)73-51-61(55-21-7-8-22-55)39-43-69(73)70-44-40-62(52-74(70)81)56-23-9-10-24-56)66-34-20-36-68(50-66)82(78-38-16-18-48-84-78)75-53-63(57-25-11-12-26-57)41-45-71(75)72-46-42-64(54-76(72)82)58-27-13-14-28-58/h1-6,15-20,29-58H,7-14,21-28H2. The maximum atomic E-state index is 5.50. The summed E-state index contributed by atoms with van der Waals surface area (Å²) in [5.74, 6) is 2.27.